The highest BCUT2D eigenvalue weighted by Crippen LogP contribution is 2.30. The molecule has 1 aliphatic carbocycles. The van der Waals surface area contributed by atoms with Crippen LogP contribution in [0.4, 0.5) is 5.95 Å². The van der Waals surface area contributed by atoms with E-state index >= 15 is 0 Å². The molecule has 1 atom stereocenters. The molecule has 1 aromatic carbocycles. The molecule has 0 saturated carbocycles. The maximum atomic E-state index is 6.15. The van der Waals surface area contributed by atoms with E-state index in [0.29, 0.717) is 29.2 Å². The number of aryl methyl sites for hydroxylation is 1. The Morgan fingerprint density at radius 3 is 2.93 bits per heavy atom. The predicted octanol–water partition coefficient (Wildman–Crippen LogP) is 2.78. The zero-order valence-electron chi connectivity index (χ0n) is 17.5. The third-order valence-corrected chi connectivity index (χ3v) is 5.96. The first kappa shape index (κ1) is 18.8. The summed E-state index contributed by atoms with van der Waals surface area (Å²) >= 11 is 0. The smallest absolute Gasteiger partial charge is 0.223 e. The number of nitrogens with two attached hydrogens (primary N) is 1. The molecule has 9 heteroatoms. The van der Waals surface area contributed by atoms with Gasteiger partial charge in [0.15, 0.2) is 11.5 Å². The number of hydrogen-bond acceptors (Lipinski definition) is 7. The van der Waals surface area contributed by atoms with Gasteiger partial charge in [-0.05, 0) is 57.6 Å². The summed E-state index contributed by atoms with van der Waals surface area (Å²) in [5.41, 5.74) is 10.0. The highest BCUT2D eigenvalue weighted by Gasteiger charge is 2.25. The number of fused-ring (bicyclic) bond motifs is 4. The fourth-order valence-electron chi connectivity index (χ4n) is 4.41. The number of nitrogen functional groups attached to an aromatic ring is 1. The number of anilines is 1. The third-order valence-electron chi connectivity index (χ3n) is 5.96. The number of benzene rings is 1. The van der Waals surface area contributed by atoms with Crippen LogP contribution in [-0.4, -0.2) is 41.7 Å². The fraction of sp³-hybridized carbons (Fsp3) is 0.476. The lowest BCUT2D eigenvalue weighted by Gasteiger charge is -2.22. The zero-order valence-corrected chi connectivity index (χ0v) is 17.5. The molecule has 1 aliphatic rings. The largest absolute Gasteiger partial charge is 0.494 e. The number of nitrogens with zero attached hydrogens (tertiary/aromatic N) is 7. The summed E-state index contributed by atoms with van der Waals surface area (Å²) in [7, 11) is 1.63. The molecule has 0 saturated heterocycles. The van der Waals surface area contributed by atoms with E-state index in [0.717, 1.165) is 54.7 Å². The highest BCUT2D eigenvalue weighted by molar-refractivity contribution is 5.95. The fourth-order valence-corrected chi connectivity index (χ4v) is 4.41. The first-order valence-electron chi connectivity index (χ1n) is 10.5. The van der Waals surface area contributed by atoms with Gasteiger partial charge in [0.1, 0.15) is 11.3 Å². The molecule has 0 fully saturated rings. The van der Waals surface area contributed by atoms with Crippen LogP contribution >= 0.6 is 0 Å². The van der Waals surface area contributed by atoms with Crippen LogP contribution in [0.1, 0.15) is 49.9 Å². The van der Waals surface area contributed by atoms with Crippen LogP contribution < -0.4 is 10.5 Å². The Hall–Kier alpha value is -3.23. The summed E-state index contributed by atoms with van der Waals surface area (Å²) in [5, 5.41) is 14.3. The number of rotatable bonds is 5. The summed E-state index contributed by atoms with van der Waals surface area (Å²) < 4.78 is 9.11. The van der Waals surface area contributed by atoms with Crippen LogP contribution in [0, 0.1) is 5.92 Å². The Balaban J connectivity index is 1.37. The quantitative estimate of drug-likeness (QED) is 0.543. The molecule has 3 heterocycles. The second-order valence-corrected chi connectivity index (χ2v) is 8.26. The lowest BCUT2D eigenvalue weighted by Crippen LogP contribution is -2.18. The van der Waals surface area contributed by atoms with E-state index in [1.54, 1.807) is 11.6 Å². The molecule has 9 nitrogen and oxygen atoms in total. The lowest BCUT2D eigenvalue weighted by molar-refractivity contribution is 0.404. The van der Waals surface area contributed by atoms with E-state index < -0.39 is 0 Å². The standard InChI is InChI=1S/C21H26N8O/c1-12(2)28-16-9-7-13(11-15(16)25-27-28)8-10-18-23-20-14-5-4-6-17(30-3)19(14)24-21(22)29(20)26-18/h4-6,12-13H,7-11H2,1-3H3,(H2,22,24)/t13-/m0/s1. The summed E-state index contributed by atoms with van der Waals surface area (Å²) in [4.78, 5) is 9.25. The first-order chi connectivity index (χ1) is 14.5. The molecule has 0 bridgehead atoms. The van der Waals surface area contributed by atoms with Crippen LogP contribution in [0.2, 0.25) is 0 Å². The molecule has 30 heavy (non-hydrogen) atoms. The van der Waals surface area contributed by atoms with E-state index in [2.05, 4.69) is 38.9 Å². The van der Waals surface area contributed by atoms with Gasteiger partial charge in [0, 0.05) is 17.8 Å². The summed E-state index contributed by atoms with van der Waals surface area (Å²) in [6, 6.07) is 6.12. The van der Waals surface area contributed by atoms with Gasteiger partial charge in [-0.1, -0.05) is 11.3 Å². The monoisotopic (exact) mass is 406 g/mol. The van der Waals surface area contributed by atoms with E-state index in [-0.39, 0.29) is 0 Å². The van der Waals surface area contributed by atoms with Gasteiger partial charge in [0.2, 0.25) is 5.95 Å². The van der Waals surface area contributed by atoms with Gasteiger partial charge in [-0.2, -0.15) is 4.52 Å². The van der Waals surface area contributed by atoms with Crippen molar-refractivity contribution in [3.8, 4) is 5.75 Å². The molecule has 5 rings (SSSR count). The van der Waals surface area contributed by atoms with Crippen LogP contribution in [0.15, 0.2) is 18.2 Å². The van der Waals surface area contributed by atoms with Crippen molar-refractivity contribution in [3.63, 3.8) is 0 Å². The molecular weight excluding hydrogens is 380 g/mol. The molecule has 0 amide bonds. The Morgan fingerprint density at radius 2 is 2.13 bits per heavy atom. The van der Waals surface area contributed by atoms with Crippen molar-refractivity contribution < 1.29 is 4.74 Å². The van der Waals surface area contributed by atoms with Crippen molar-refractivity contribution in [3.05, 3.63) is 35.4 Å². The summed E-state index contributed by atoms with van der Waals surface area (Å²) in [5.74, 6) is 2.34. The molecule has 0 spiro atoms. The summed E-state index contributed by atoms with van der Waals surface area (Å²) in [6.45, 7) is 4.30. The highest BCUT2D eigenvalue weighted by atomic mass is 16.5. The Morgan fingerprint density at radius 1 is 1.27 bits per heavy atom. The van der Waals surface area contributed by atoms with E-state index in [4.69, 9.17) is 15.5 Å². The number of hydrogen-bond donors (Lipinski definition) is 1. The molecule has 2 N–H and O–H groups in total. The van der Waals surface area contributed by atoms with E-state index in [1.807, 2.05) is 18.2 Å². The predicted molar refractivity (Wildman–Crippen MR) is 113 cm³/mol. The van der Waals surface area contributed by atoms with Gasteiger partial charge in [-0.15, -0.1) is 10.2 Å². The van der Waals surface area contributed by atoms with Crippen molar-refractivity contribution in [2.24, 2.45) is 5.92 Å². The average Bonchev–Trinajstić information content (AvgIpc) is 3.36. The molecule has 3 aromatic heterocycles. The van der Waals surface area contributed by atoms with Crippen molar-refractivity contribution in [2.75, 3.05) is 12.8 Å². The third kappa shape index (κ3) is 3.05. The van der Waals surface area contributed by atoms with Crippen LogP contribution in [0.25, 0.3) is 16.6 Å². The zero-order chi connectivity index (χ0) is 20.8. The minimum atomic E-state index is 0.313. The van der Waals surface area contributed by atoms with E-state index in [9.17, 15) is 0 Å². The average molecular weight is 406 g/mol. The van der Waals surface area contributed by atoms with Gasteiger partial charge in [-0.3, -0.25) is 0 Å². The van der Waals surface area contributed by atoms with Gasteiger partial charge in [0.25, 0.3) is 0 Å². The number of aromatic nitrogens is 7. The number of ether oxygens (including phenoxy) is 1. The van der Waals surface area contributed by atoms with Crippen molar-refractivity contribution in [2.45, 2.75) is 52.0 Å². The van der Waals surface area contributed by atoms with Gasteiger partial charge < -0.3 is 10.5 Å². The molecule has 156 valence electrons. The maximum absolute atomic E-state index is 6.15. The molecule has 0 radical (unpaired) electrons. The summed E-state index contributed by atoms with van der Waals surface area (Å²) in [6.07, 6.45) is 4.96. The van der Waals surface area contributed by atoms with Crippen LogP contribution in [0.3, 0.4) is 0 Å². The maximum Gasteiger partial charge on any atom is 0.223 e. The van der Waals surface area contributed by atoms with Crippen molar-refractivity contribution in [1.29, 1.82) is 0 Å². The topological polar surface area (TPSA) is 109 Å². The first-order valence-corrected chi connectivity index (χ1v) is 10.5. The van der Waals surface area contributed by atoms with Crippen LogP contribution in [0.5, 0.6) is 5.75 Å². The SMILES string of the molecule is COc1cccc2c1nc(N)n1nc(CC[C@@H]3CCc4c(nnn4C(C)C)C3)nc21. The minimum absolute atomic E-state index is 0.313. The second-order valence-electron chi connectivity index (χ2n) is 8.26. The number of para-hydroxylation sites is 1. The number of methoxy groups -OCH3 is 1. The lowest BCUT2D eigenvalue weighted by atomic mass is 9.86. The Bertz CT molecular complexity index is 1220. The van der Waals surface area contributed by atoms with Crippen LogP contribution in [-0.2, 0) is 19.3 Å². The molecule has 4 aromatic rings. The van der Waals surface area contributed by atoms with E-state index in [1.165, 1.54) is 5.69 Å². The van der Waals surface area contributed by atoms with Gasteiger partial charge in [-0.25, -0.2) is 14.6 Å². The second kappa shape index (κ2) is 7.23. The van der Waals surface area contributed by atoms with Crippen molar-refractivity contribution in [1.82, 2.24) is 34.6 Å². The molecule has 0 aliphatic heterocycles. The Kier molecular flexibility index (Phi) is 4.52. The van der Waals surface area contributed by atoms with Crippen molar-refractivity contribution >= 4 is 22.5 Å². The molecule has 0 unspecified atom stereocenters. The Labute approximate surface area is 174 Å². The molecular formula is C21H26N8O. The minimum Gasteiger partial charge on any atom is -0.494 e. The van der Waals surface area contributed by atoms with Gasteiger partial charge >= 0.3 is 0 Å². The normalized spacial score (nSPS) is 16.5. The van der Waals surface area contributed by atoms with Gasteiger partial charge in [0.05, 0.1) is 18.5 Å².